The second-order valence-corrected chi connectivity index (χ2v) is 3.84. The van der Waals surface area contributed by atoms with E-state index in [9.17, 15) is 4.39 Å². The normalized spacial score (nSPS) is 10.7. The van der Waals surface area contributed by atoms with Crippen molar-refractivity contribution < 1.29 is 4.39 Å². The van der Waals surface area contributed by atoms with Crippen LogP contribution in [0.4, 0.5) is 4.39 Å². The molecular formula is C13H21FIN3. The molecule has 5 heteroatoms. The fraction of sp³-hybridized carbons (Fsp3) is 0.462. The number of unbranched alkanes of at least 4 members (excludes halogenated alkanes) is 1. The van der Waals surface area contributed by atoms with Gasteiger partial charge in [-0.3, -0.25) is 4.99 Å². The third-order valence-electron chi connectivity index (χ3n) is 2.40. The first kappa shape index (κ1) is 17.2. The molecule has 0 saturated carbocycles. The molecule has 1 aromatic rings. The number of benzene rings is 1. The van der Waals surface area contributed by atoms with Crippen molar-refractivity contribution in [3.8, 4) is 0 Å². The second-order valence-electron chi connectivity index (χ2n) is 3.84. The number of nitrogens with one attached hydrogen (secondary N) is 2. The van der Waals surface area contributed by atoms with Crippen LogP contribution in [0, 0.1) is 5.82 Å². The van der Waals surface area contributed by atoms with E-state index in [1.54, 1.807) is 13.1 Å². The average molecular weight is 365 g/mol. The Bertz CT molecular complexity index is 369. The summed E-state index contributed by atoms with van der Waals surface area (Å²) in [5, 5.41) is 6.34. The van der Waals surface area contributed by atoms with E-state index in [0.29, 0.717) is 6.54 Å². The van der Waals surface area contributed by atoms with Crippen LogP contribution in [0.1, 0.15) is 25.3 Å². The number of halogens is 2. The Balaban J connectivity index is 0.00000289. The standard InChI is InChI=1S/C13H20FN3.HI/c1-3-4-8-16-13(15-2)17-10-11-6-5-7-12(14)9-11;/h5-7,9H,3-4,8,10H2,1-2H3,(H2,15,16,17);1H. The molecule has 3 nitrogen and oxygen atoms in total. The van der Waals surface area contributed by atoms with Gasteiger partial charge in [-0.25, -0.2) is 4.39 Å². The van der Waals surface area contributed by atoms with E-state index in [2.05, 4.69) is 22.5 Å². The van der Waals surface area contributed by atoms with Gasteiger partial charge in [0, 0.05) is 20.1 Å². The third-order valence-corrected chi connectivity index (χ3v) is 2.40. The lowest BCUT2D eigenvalue weighted by Crippen LogP contribution is -2.37. The molecular weight excluding hydrogens is 344 g/mol. The summed E-state index contributed by atoms with van der Waals surface area (Å²) in [6.07, 6.45) is 2.26. The van der Waals surface area contributed by atoms with Gasteiger partial charge in [-0.1, -0.05) is 25.5 Å². The summed E-state index contributed by atoms with van der Waals surface area (Å²) in [5.74, 6) is 0.543. The summed E-state index contributed by atoms with van der Waals surface area (Å²) < 4.78 is 12.9. The maximum atomic E-state index is 12.9. The highest BCUT2D eigenvalue weighted by molar-refractivity contribution is 14.0. The Kier molecular flexibility index (Phi) is 9.63. The van der Waals surface area contributed by atoms with Crippen molar-refractivity contribution in [1.82, 2.24) is 10.6 Å². The van der Waals surface area contributed by atoms with Crippen LogP contribution in [0.25, 0.3) is 0 Å². The molecule has 102 valence electrons. The van der Waals surface area contributed by atoms with E-state index >= 15 is 0 Å². The number of aliphatic imine (C=N–C) groups is 1. The molecule has 18 heavy (non-hydrogen) atoms. The molecule has 0 spiro atoms. The van der Waals surface area contributed by atoms with Crippen LogP contribution in [0.2, 0.25) is 0 Å². The molecule has 0 aliphatic heterocycles. The fourth-order valence-electron chi connectivity index (χ4n) is 1.44. The topological polar surface area (TPSA) is 36.4 Å². The van der Waals surface area contributed by atoms with Crippen molar-refractivity contribution >= 4 is 29.9 Å². The molecule has 1 rings (SSSR count). The van der Waals surface area contributed by atoms with Gasteiger partial charge in [0.2, 0.25) is 0 Å². The summed E-state index contributed by atoms with van der Waals surface area (Å²) in [6.45, 7) is 3.62. The van der Waals surface area contributed by atoms with Gasteiger partial charge >= 0.3 is 0 Å². The molecule has 0 unspecified atom stereocenters. The van der Waals surface area contributed by atoms with Gasteiger partial charge < -0.3 is 10.6 Å². The zero-order valence-electron chi connectivity index (χ0n) is 10.9. The van der Waals surface area contributed by atoms with Crippen molar-refractivity contribution in [2.75, 3.05) is 13.6 Å². The molecule has 0 fully saturated rings. The molecule has 0 aliphatic carbocycles. The number of rotatable bonds is 5. The highest BCUT2D eigenvalue weighted by atomic mass is 127. The molecule has 0 heterocycles. The first-order valence-electron chi connectivity index (χ1n) is 5.95. The summed E-state index contributed by atoms with van der Waals surface area (Å²) in [6, 6.07) is 6.55. The summed E-state index contributed by atoms with van der Waals surface area (Å²) in [7, 11) is 1.73. The zero-order valence-corrected chi connectivity index (χ0v) is 13.2. The van der Waals surface area contributed by atoms with Crippen molar-refractivity contribution in [2.45, 2.75) is 26.3 Å². The fourth-order valence-corrected chi connectivity index (χ4v) is 1.44. The van der Waals surface area contributed by atoms with Crippen molar-refractivity contribution in [2.24, 2.45) is 4.99 Å². The molecule has 0 amide bonds. The van der Waals surface area contributed by atoms with Gasteiger partial charge in [0.1, 0.15) is 5.82 Å². The lowest BCUT2D eigenvalue weighted by molar-refractivity contribution is 0.624. The lowest BCUT2D eigenvalue weighted by atomic mass is 10.2. The quantitative estimate of drug-likeness (QED) is 0.364. The van der Waals surface area contributed by atoms with Crippen LogP contribution < -0.4 is 10.6 Å². The lowest BCUT2D eigenvalue weighted by Gasteiger charge is -2.11. The average Bonchev–Trinajstić information content (AvgIpc) is 2.34. The van der Waals surface area contributed by atoms with E-state index in [0.717, 1.165) is 30.9 Å². The van der Waals surface area contributed by atoms with Crippen LogP contribution in [0.3, 0.4) is 0 Å². The maximum absolute atomic E-state index is 12.9. The Morgan fingerprint density at radius 2 is 2.11 bits per heavy atom. The molecule has 0 bridgehead atoms. The Morgan fingerprint density at radius 1 is 1.33 bits per heavy atom. The highest BCUT2D eigenvalue weighted by Crippen LogP contribution is 2.02. The van der Waals surface area contributed by atoms with Gasteiger partial charge in [-0.15, -0.1) is 24.0 Å². The molecule has 0 radical (unpaired) electrons. The largest absolute Gasteiger partial charge is 0.356 e. The monoisotopic (exact) mass is 365 g/mol. The molecule has 2 N–H and O–H groups in total. The molecule has 0 aliphatic rings. The summed E-state index contributed by atoms with van der Waals surface area (Å²) in [4.78, 5) is 4.10. The number of hydrogen-bond acceptors (Lipinski definition) is 1. The van der Waals surface area contributed by atoms with Crippen molar-refractivity contribution in [3.05, 3.63) is 35.6 Å². The Morgan fingerprint density at radius 3 is 2.72 bits per heavy atom. The molecule has 0 atom stereocenters. The maximum Gasteiger partial charge on any atom is 0.191 e. The Hall–Kier alpha value is -0.850. The zero-order chi connectivity index (χ0) is 12.5. The van der Waals surface area contributed by atoms with Crippen LogP contribution in [0.5, 0.6) is 0 Å². The number of guanidine groups is 1. The van der Waals surface area contributed by atoms with Gasteiger partial charge in [-0.05, 0) is 24.1 Å². The van der Waals surface area contributed by atoms with Gasteiger partial charge in [0.25, 0.3) is 0 Å². The smallest absolute Gasteiger partial charge is 0.191 e. The molecule has 1 aromatic carbocycles. The van der Waals surface area contributed by atoms with Gasteiger partial charge in [-0.2, -0.15) is 0 Å². The minimum atomic E-state index is -0.210. The molecule has 0 aromatic heterocycles. The van der Waals surface area contributed by atoms with Gasteiger partial charge in [0.05, 0.1) is 0 Å². The first-order valence-corrected chi connectivity index (χ1v) is 5.95. The second kappa shape index (κ2) is 10.1. The predicted molar refractivity (Wildman–Crippen MR) is 84.9 cm³/mol. The predicted octanol–water partition coefficient (Wildman–Crippen LogP) is 2.91. The third kappa shape index (κ3) is 6.78. The van der Waals surface area contributed by atoms with Crippen LogP contribution in [-0.2, 0) is 6.54 Å². The van der Waals surface area contributed by atoms with Crippen LogP contribution in [-0.4, -0.2) is 19.6 Å². The van der Waals surface area contributed by atoms with Crippen molar-refractivity contribution in [1.29, 1.82) is 0 Å². The van der Waals surface area contributed by atoms with Crippen molar-refractivity contribution in [3.63, 3.8) is 0 Å². The first-order chi connectivity index (χ1) is 8.26. The number of nitrogens with zero attached hydrogens (tertiary/aromatic N) is 1. The number of hydrogen-bond donors (Lipinski definition) is 2. The SMILES string of the molecule is CCCCNC(=NC)NCc1cccc(F)c1.I. The Labute approximate surface area is 125 Å². The minimum absolute atomic E-state index is 0. The van der Waals surface area contributed by atoms with E-state index in [1.165, 1.54) is 12.1 Å². The highest BCUT2D eigenvalue weighted by Gasteiger charge is 1.98. The van der Waals surface area contributed by atoms with E-state index < -0.39 is 0 Å². The van der Waals surface area contributed by atoms with E-state index in [-0.39, 0.29) is 29.8 Å². The van der Waals surface area contributed by atoms with Crippen LogP contribution in [0.15, 0.2) is 29.3 Å². The van der Waals surface area contributed by atoms with E-state index in [4.69, 9.17) is 0 Å². The summed E-state index contributed by atoms with van der Waals surface area (Å²) >= 11 is 0. The van der Waals surface area contributed by atoms with Crippen LogP contribution >= 0.6 is 24.0 Å². The van der Waals surface area contributed by atoms with Gasteiger partial charge in [0.15, 0.2) is 5.96 Å². The van der Waals surface area contributed by atoms with E-state index in [1.807, 2.05) is 6.07 Å². The summed E-state index contributed by atoms with van der Waals surface area (Å²) in [5.41, 5.74) is 0.906. The minimum Gasteiger partial charge on any atom is -0.356 e. The molecule has 0 saturated heterocycles.